The fraction of sp³-hybridized carbons (Fsp3) is 0.167. The van der Waals surface area contributed by atoms with Gasteiger partial charge in [-0.25, -0.2) is 9.97 Å². The number of benzene rings is 1. The van der Waals surface area contributed by atoms with Crippen LogP contribution in [0.3, 0.4) is 0 Å². The number of ether oxygens (including phenoxy) is 1. The number of amides is 1. The number of imidazole rings is 1. The summed E-state index contributed by atoms with van der Waals surface area (Å²) < 4.78 is 6.95. The molecule has 1 N–H and O–H groups in total. The van der Waals surface area contributed by atoms with E-state index in [9.17, 15) is 4.79 Å². The summed E-state index contributed by atoms with van der Waals surface area (Å²) in [7, 11) is 1.54. The molecule has 0 saturated carbocycles. The van der Waals surface area contributed by atoms with Crippen LogP contribution in [0.2, 0.25) is 0 Å². The maximum Gasteiger partial charge on any atom is 0.287 e. The number of nitrogens with zero attached hydrogens (tertiary/aromatic N) is 3. The minimum absolute atomic E-state index is 0.376. The van der Waals surface area contributed by atoms with E-state index in [0.29, 0.717) is 22.9 Å². The highest BCUT2D eigenvalue weighted by molar-refractivity contribution is 5.96. The van der Waals surface area contributed by atoms with Gasteiger partial charge in [0.15, 0.2) is 17.3 Å². The lowest BCUT2D eigenvalue weighted by molar-refractivity contribution is 0.0754. The number of carbonyl (C=O) groups is 1. The van der Waals surface area contributed by atoms with Crippen LogP contribution < -0.4 is 15.1 Å². The van der Waals surface area contributed by atoms with Crippen molar-refractivity contribution >= 4 is 5.91 Å². The van der Waals surface area contributed by atoms with E-state index in [2.05, 4.69) is 15.4 Å². The standard InChI is InChI=1S/C18H18N4O3/c1-12-8-9-14(17(20-12)22-11-10-19-13(22)2)18(23)21-25-16-7-5-4-6-15(16)24-3/h4-11H,1-3H3,(H,21,23). The van der Waals surface area contributed by atoms with Crippen molar-refractivity contribution in [2.45, 2.75) is 13.8 Å². The topological polar surface area (TPSA) is 78.3 Å². The monoisotopic (exact) mass is 338 g/mol. The van der Waals surface area contributed by atoms with Gasteiger partial charge in [0.25, 0.3) is 5.91 Å². The Balaban J connectivity index is 1.87. The summed E-state index contributed by atoms with van der Waals surface area (Å²) in [5.74, 6) is 1.75. The van der Waals surface area contributed by atoms with Gasteiger partial charge in [-0.15, -0.1) is 0 Å². The van der Waals surface area contributed by atoms with E-state index in [1.165, 1.54) is 7.11 Å². The highest BCUT2D eigenvalue weighted by Crippen LogP contribution is 2.25. The van der Waals surface area contributed by atoms with Crippen molar-refractivity contribution in [3.05, 3.63) is 65.9 Å². The Morgan fingerprint density at radius 1 is 1.12 bits per heavy atom. The second-order valence-corrected chi connectivity index (χ2v) is 5.35. The fourth-order valence-corrected chi connectivity index (χ4v) is 2.37. The number of rotatable bonds is 5. The number of methoxy groups -OCH3 is 1. The number of pyridine rings is 1. The molecular weight excluding hydrogens is 320 g/mol. The van der Waals surface area contributed by atoms with Crippen molar-refractivity contribution in [1.82, 2.24) is 20.0 Å². The highest BCUT2D eigenvalue weighted by Gasteiger charge is 2.17. The first-order valence-electron chi connectivity index (χ1n) is 7.68. The highest BCUT2D eigenvalue weighted by atomic mass is 16.7. The Hall–Kier alpha value is -3.35. The molecule has 128 valence electrons. The average Bonchev–Trinajstić information content (AvgIpc) is 3.05. The van der Waals surface area contributed by atoms with E-state index >= 15 is 0 Å². The minimum Gasteiger partial charge on any atom is -0.493 e. The van der Waals surface area contributed by atoms with Crippen LogP contribution in [0, 0.1) is 13.8 Å². The normalized spacial score (nSPS) is 10.4. The number of aryl methyl sites for hydroxylation is 2. The Morgan fingerprint density at radius 2 is 1.88 bits per heavy atom. The summed E-state index contributed by atoms with van der Waals surface area (Å²) in [6.45, 7) is 3.71. The van der Waals surface area contributed by atoms with Gasteiger partial charge in [0.1, 0.15) is 5.82 Å². The Morgan fingerprint density at radius 3 is 2.56 bits per heavy atom. The summed E-state index contributed by atoms with van der Waals surface area (Å²) in [6, 6.07) is 10.5. The summed E-state index contributed by atoms with van der Waals surface area (Å²) >= 11 is 0. The van der Waals surface area contributed by atoms with E-state index in [1.54, 1.807) is 47.3 Å². The van der Waals surface area contributed by atoms with Gasteiger partial charge in [0, 0.05) is 18.1 Å². The zero-order valence-corrected chi connectivity index (χ0v) is 14.2. The van der Waals surface area contributed by atoms with Crippen molar-refractivity contribution in [1.29, 1.82) is 0 Å². The molecule has 0 atom stereocenters. The lowest BCUT2D eigenvalue weighted by Gasteiger charge is -2.13. The molecule has 0 aliphatic rings. The van der Waals surface area contributed by atoms with Crippen LogP contribution in [0.25, 0.3) is 5.82 Å². The van der Waals surface area contributed by atoms with Gasteiger partial charge in [-0.1, -0.05) is 12.1 Å². The number of hydrogen-bond donors (Lipinski definition) is 1. The quantitative estimate of drug-likeness (QED) is 0.724. The van der Waals surface area contributed by atoms with Gasteiger partial charge in [-0.05, 0) is 38.1 Å². The van der Waals surface area contributed by atoms with Crippen LogP contribution in [-0.2, 0) is 0 Å². The smallest absolute Gasteiger partial charge is 0.287 e. The zero-order valence-electron chi connectivity index (χ0n) is 14.2. The molecular formula is C18H18N4O3. The van der Waals surface area contributed by atoms with Crippen LogP contribution >= 0.6 is 0 Å². The van der Waals surface area contributed by atoms with Crippen molar-refractivity contribution in [3.8, 4) is 17.3 Å². The molecule has 0 aliphatic carbocycles. The first-order valence-corrected chi connectivity index (χ1v) is 7.68. The predicted octanol–water partition coefficient (Wildman–Crippen LogP) is 2.62. The molecule has 7 nitrogen and oxygen atoms in total. The molecule has 7 heteroatoms. The molecule has 1 aromatic carbocycles. The molecule has 1 amide bonds. The molecule has 3 aromatic rings. The molecule has 25 heavy (non-hydrogen) atoms. The van der Waals surface area contributed by atoms with E-state index < -0.39 is 5.91 Å². The molecule has 0 spiro atoms. The molecule has 0 saturated heterocycles. The van der Waals surface area contributed by atoms with E-state index in [4.69, 9.17) is 9.57 Å². The molecule has 0 unspecified atom stereocenters. The van der Waals surface area contributed by atoms with E-state index in [-0.39, 0.29) is 0 Å². The number of nitrogens with one attached hydrogen (secondary N) is 1. The van der Waals surface area contributed by atoms with Crippen LogP contribution in [0.4, 0.5) is 0 Å². The second kappa shape index (κ2) is 7.04. The third-order valence-electron chi connectivity index (χ3n) is 3.64. The maximum absolute atomic E-state index is 12.6. The van der Waals surface area contributed by atoms with Gasteiger partial charge in [-0.3, -0.25) is 9.36 Å². The van der Waals surface area contributed by atoms with Gasteiger partial charge in [-0.2, -0.15) is 5.48 Å². The molecule has 2 aromatic heterocycles. The number of carbonyl (C=O) groups excluding carboxylic acids is 1. The number of aromatic nitrogens is 3. The summed E-state index contributed by atoms with van der Waals surface area (Å²) in [5, 5.41) is 0. The molecule has 0 fully saturated rings. The SMILES string of the molecule is COc1ccccc1ONC(=O)c1ccc(C)nc1-n1ccnc1C. The summed E-state index contributed by atoms with van der Waals surface area (Å²) in [5.41, 5.74) is 3.61. The number of hydroxylamine groups is 1. The largest absolute Gasteiger partial charge is 0.493 e. The van der Waals surface area contributed by atoms with Crippen molar-refractivity contribution in [3.63, 3.8) is 0 Å². The molecule has 2 heterocycles. The Labute approximate surface area is 145 Å². The average molecular weight is 338 g/mol. The van der Waals surface area contributed by atoms with Gasteiger partial charge in [0.2, 0.25) is 0 Å². The van der Waals surface area contributed by atoms with E-state index in [0.717, 1.165) is 11.5 Å². The number of hydrogen-bond acceptors (Lipinski definition) is 5. The van der Waals surface area contributed by atoms with Crippen LogP contribution in [-0.4, -0.2) is 27.6 Å². The van der Waals surface area contributed by atoms with Crippen LogP contribution in [0.5, 0.6) is 11.5 Å². The van der Waals surface area contributed by atoms with Crippen LogP contribution in [0.1, 0.15) is 21.9 Å². The minimum atomic E-state index is -0.415. The predicted molar refractivity (Wildman–Crippen MR) is 91.9 cm³/mol. The molecule has 0 bridgehead atoms. The van der Waals surface area contributed by atoms with Gasteiger partial charge < -0.3 is 9.57 Å². The Bertz CT molecular complexity index is 905. The van der Waals surface area contributed by atoms with Gasteiger partial charge in [0.05, 0.1) is 12.7 Å². The van der Waals surface area contributed by atoms with Crippen molar-refractivity contribution in [2.75, 3.05) is 7.11 Å². The molecule has 0 aliphatic heterocycles. The lowest BCUT2D eigenvalue weighted by Crippen LogP contribution is -2.28. The summed E-state index contributed by atoms with van der Waals surface area (Å²) in [4.78, 5) is 26.7. The molecule has 3 rings (SSSR count). The molecule has 0 radical (unpaired) electrons. The van der Waals surface area contributed by atoms with Crippen LogP contribution in [0.15, 0.2) is 48.8 Å². The summed E-state index contributed by atoms with van der Waals surface area (Å²) in [6.07, 6.45) is 3.42. The Kier molecular flexibility index (Phi) is 4.65. The zero-order chi connectivity index (χ0) is 17.8. The second-order valence-electron chi connectivity index (χ2n) is 5.35. The van der Waals surface area contributed by atoms with Crippen molar-refractivity contribution < 1.29 is 14.4 Å². The van der Waals surface area contributed by atoms with Gasteiger partial charge >= 0.3 is 0 Å². The third-order valence-corrected chi connectivity index (χ3v) is 3.64. The van der Waals surface area contributed by atoms with E-state index in [1.807, 2.05) is 19.9 Å². The van der Waals surface area contributed by atoms with Crippen molar-refractivity contribution in [2.24, 2.45) is 0 Å². The number of para-hydroxylation sites is 2. The first-order chi connectivity index (χ1) is 12.1. The lowest BCUT2D eigenvalue weighted by atomic mass is 10.2. The fourth-order valence-electron chi connectivity index (χ4n) is 2.37. The third kappa shape index (κ3) is 3.45. The maximum atomic E-state index is 12.6. The first kappa shape index (κ1) is 16.5.